The number of methoxy groups -OCH3 is 1. The summed E-state index contributed by atoms with van der Waals surface area (Å²) in [5, 5.41) is 3.11. The Morgan fingerprint density at radius 1 is 1.50 bits per heavy atom. The summed E-state index contributed by atoms with van der Waals surface area (Å²) in [6, 6.07) is 7.90. The topological polar surface area (TPSA) is 47.6 Å². The van der Waals surface area contributed by atoms with Gasteiger partial charge >= 0.3 is 5.97 Å². The molecule has 1 aromatic carbocycles. The fraction of sp³-hybridized carbons (Fsp3) is 0.462. The molecule has 0 radical (unpaired) electrons. The van der Waals surface area contributed by atoms with Gasteiger partial charge in [-0.05, 0) is 24.6 Å². The largest absolute Gasteiger partial charge is 0.492 e. The van der Waals surface area contributed by atoms with Gasteiger partial charge in [0.25, 0.3) is 0 Å². The molecule has 1 unspecified atom stereocenters. The smallest absolute Gasteiger partial charge is 0.320 e. The van der Waals surface area contributed by atoms with E-state index in [1.165, 1.54) is 12.7 Å². The second-order valence-corrected chi connectivity index (χ2v) is 4.97. The highest BCUT2D eigenvalue weighted by Crippen LogP contribution is 2.11. The number of carbonyl (C=O) groups is 1. The molecule has 0 aromatic heterocycles. The van der Waals surface area contributed by atoms with Crippen molar-refractivity contribution < 1.29 is 14.3 Å². The van der Waals surface area contributed by atoms with Crippen molar-refractivity contribution in [3.63, 3.8) is 0 Å². The molecule has 1 rings (SSSR count). The summed E-state index contributed by atoms with van der Waals surface area (Å²) in [5.74, 6) is 0.585. The van der Waals surface area contributed by atoms with Crippen LogP contribution in [0.15, 0.2) is 24.3 Å². The lowest BCUT2D eigenvalue weighted by atomic mass is 10.2. The van der Waals surface area contributed by atoms with Crippen LogP contribution >= 0.6 is 15.9 Å². The lowest BCUT2D eigenvalue weighted by Crippen LogP contribution is -2.32. The van der Waals surface area contributed by atoms with Gasteiger partial charge in [-0.15, -0.1) is 0 Å². The fourth-order valence-corrected chi connectivity index (χ4v) is 1.80. The van der Waals surface area contributed by atoms with Crippen LogP contribution in [0.25, 0.3) is 0 Å². The first-order valence-corrected chi connectivity index (χ1v) is 6.67. The lowest BCUT2D eigenvalue weighted by Gasteiger charge is -2.10. The van der Waals surface area contributed by atoms with E-state index in [0.29, 0.717) is 19.7 Å². The average molecular weight is 316 g/mol. The third-order valence-electron chi connectivity index (χ3n) is 2.32. The number of esters is 1. The summed E-state index contributed by atoms with van der Waals surface area (Å²) >= 11 is 3.23. The molecule has 0 fully saturated rings. The molecule has 0 saturated heterocycles. The second kappa shape index (κ2) is 8.11. The molecule has 0 aliphatic carbocycles. The standard InChI is InChI=1S/C13H18BrNO3/c1-10-4-3-5-11(8-10)18-7-6-15-9-12(14)13(16)17-2/h3-5,8,12,15H,6-7,9H2,1-2H3. The minimum absolute atomic E-state index is 0.276. The number of benzene rings is 1. The molecule has 0 spiro atoms. The molecule has 5 heteroatoms. The van der Waals surface area contributed by atoms with E-state index in [1.54, 1.807) is 0 Å². The molecule has 18 heavy (non-hydrogen) atoms. The molecule has 0 amide bonds. The highest BCUT2D eigenvalue weighted by molar-refractivity contribution is 9.10. The van der Waals surface area contributed by atoms with Crippen LogP contribution in [0.2, 0.25) is 0 Å². The maximum atomic E-state index is 11.1. The van der Waals surface area contributed by atoms with E-state index in [0.717, 1.165) is 5.75 Å². The van der Waals surface area contributed by atoms with E-state index in [-0.39, 0.29) is 10.8 Å². The van der Waals surface area contributed by atoms with Gasteiger partial charge in [-0.25, -0.2) is 0 Å². The second-order valence-electron chi connectivity index (χ2n) is 3.86. The molecule has 4 nitrogen and oxygen atoms in total. The zero-order chi connectivity index (χ0) is 13.4. The first kappa shape index (κ1) is 15.0. The van der Waals surface area contributed by atoms with Crippen LogP contribution in [-0.2, 0) is 9.53 Å². The van der Waals surface area contributed by atoms with Crippen molar-refractivity contribution in [1.82, 2.24) is 5.32 Å². The predicted octanol–water partition coefficient (Wildman–Crippen LogP) is 1.90. The Kier molecular flexibility index (Phi) is 6.75. The summed E-state index contributed by atoms with van der Waals surface area (Å²) in [7, 11) is 1.37. The number of rotatable bonds is 7. The zero-order valence-corrected chi connectivity index (χ0v) is 12.2. The van der Waals surface area contributed by atoms with Crippen LogP contribution in [0, 0.1) is 6.92 Å². The molecule has 0 heterocycles. The first-order chi connectivity index (χ1) is 8.63. The van der Waals surface area contributed by atoms with Crippen LogP contribution in [0.3, 0.4) is 0 Å². The summed E-state index contributed by atoms with van der Waals surface area (Å²) < 4.78 is 10.2. The minimum atomic E-state index is -0.318. The van der Waals surface area contributed by atoms with E-state index in [1.807, 2.05) is 31.2 Å². The Morgan fingerprint density at radius 3 is 2.94 bits per heavy atom. The van der Waals surface area contributed by atoms with Gasteiger partial charge in [0, 0.05) is 13.1 Å². The Morgan fingerprint density at radius 2 is 2.28 bits per heavy atom. The number of ether oxygens (including phenoxy) is 2. The molecule has 0 aliphatic rings. The highest BCUT2D eigenvalue weighted by Gasteiger charge is 2.13. The Bertz CT molecular complexity index is 384. The molecule has 0 saturated carbocycles. The first-order valence-electron chi connectivity index (χ1n) is 5.75. The van der Waals surface area contributed by atoms with Gasteiger partial charge in [0.1, 0.15) is 17.2 Å². The van der Waals surface area contributed by atoms with E-state index in [2.05, 4.69) is 26.0 Å². The molecule has 1 aromatic rings. The number of hydrogen-bond donors (Lipinski definition) is 1. The number of aryl methyl sites for hydroxylation is 1. The van der Waals surface area contributed by atoms with Crippen LogP contribution in [0.5, 0.6) is 5.75 Å². The summed E-state index contributed by atoms with van der Waals surface area (Å²) in [4.78, 5) is 10.8. The van der Waals surface area contributed by atoms with Gasteiger partial charge in [-0.2, -0.15) is 0 Å². The Balaban J connectivity index is 2.14. The summed E-state index contributed by atoms with van der Waals surface area (Å²) in [6.07, 6.45) is 0. The molecule has 0 bridgehead atoms. The van der Waals surface area contributed by atoms with E-state index in [9.17, 15) is 4.79 Å². The summed E-state index contributed by atoms with van der Waals surface area (Å²) in [6.45, 7) is 3.78. The number of carbonyl (C=O) groups excluding carboxylic acids is 1. The van der Waals surface area contributed by atoms with Crippen molar-refractivity contribution >= 4 is 21.9 Å². The van der Waals surface area contributed by atoms with Crippen molar-refractivity contribution in [2.24, 2.45) is 0 Å². The quantitative estimate of drug-likeness (QED) is 0.474. The number of halogens is 1. The normalized spacial score (nSPS) is 11.9. The Hall–Kier alpha value is -1.07. The molecular formula is C13H18BrNO3. The summed E-state index contributed by atoms with van der Waals surface area (Å²) in [5.41, 5.74) is 1.17. The van der Waals surface area contributed by atoms with Gasteiger partial charge in [-0.1, -0.05) is 28.1 Å². The predicted molar refractivity (Wildman–Crippen MR) is 74.3 cm³/mol. The van der Waals surface area contributed by atoms with Crippen molar-refractivity contribution in [2.75, 3.05) is 26.8 Å². The zero-order valence-electron chi connectivity index (χ0n) is 10.6. The molecular weight excluding hydrogens is 298 g/mol. The van der Waals surface area contributed by atoms with Gasteiger partial charge in [0.05, 0.1) is 7.11 Å². The molecule has 1 atom stereocenters. The van der Waals surface area contributed by atoms with E-state index < -0.39 is 0 Å². The van der Waals surface area contributed by atoms with Crippen molar-refractivity contribution in [3.8, 4) is 5.75 Å². The maximum Gasteiger partial charge on any atom is 0.320 e. The average Bonchev–Trinajstić information content (AvgIpc) is 2.37. The third-order valence-corrected chi connectivity index (χ3v) is 3.02. The molecule has 0 aliphatic heterocycles. The van der Waals surface area contributed by atoms with Crippen LogP contribution in [-0.4, -0.2) is 37.6 Å². The number of nitrogens with one attached hydrogen (secondary N) is 1. The van der Waals surface area contributed by atoms with Crippen molar-refractivity contribution in [3.05, 3.63) is 29.8 Å². The lowest BCUT2D eigenvalue weighted by molar-refractivity contribution is -0.139. The van der Waals surface area contributed by atoms with E-state index >= 15 is 0 Å². The number of alkyl halides is 1. The minimum Gasteiger partial charge on any atom is -0.492 e. The SMILES string of the molecule is COC(=O)C(Br)CNCCOc1cccc(C)c1. The van der Waals surface area contributed by atoms with Gasteiger partial charge in [0.2, 0.25) is 0 Å². The number of hydrogen-bond acceptors (Lipinski definition) is 4. The van der Waals surface area contributed by atoms with Crippen LogP contribution in [0.4, 0.5) is 0 Å². The maximum absolute atomic E-state index is 11.1. The third kappa shape index (κ3) is 5.51. The van der Waals surface area contributed by atoms with Crippen LogP contribution in [0.1, 0.15) is 5.56 Å². The fourth-order valence-electron chi connectivity index (χ4n) is 1.39. The van der Waals surface area contributed by atoms with E-state index in [4.69, 9.17) is 4.74 Å². The van der Waals surface area contributed by atoms with Crippen molar-refractivity contribution in [1.29, 1.82) is 0 Å². The monoisotopic (exact) mass is 315 g/mol. The molecule has 1 N–H and O–H groups in total. The van der Waals surface area contributed by atoms with Crippen LogP contribution < -0.4 is 10.1 Å². The van der Waals surface area contributed by atoms with Gasteiger partial charge in [-0.3, -0.25) is 4.79 Å². The Labute approximate surface area is 116 Å². The van der Waals surface area contributed by atoms with Gasteiger partial charge < -0.3 is 14.8 Å². The van der Waals surface area contributed by atoms with Gasteiger partial charge in [0.15, 0.2) is 0 Å². The highest BCUT2D eigenvalue weighted by atomic mass is 79.9. The van der Waals surface area contributed by atoms with Crippen molar-refractivity contribution in [2.45, 2.75) is 11.8 Å². The molecule has 100 valence electrons.